The Hall–Kier alpha value is -0.590. The van der Waals surface area contributed by atoms with Gasteiger partial charge in [-0.25, -0.2) is 15.0 Å². The van der Waals surface area contributed by atoms with E-state index in [1.165, 1.54) is 0 Å². The Kier molecular flexibility index (Phi) is 6.09. The van der Waals surface area contributed by atoms with Crippen LogP contribution in [-0.2, 0) is 10.1 Å². The van der Waals surface area contributed by atoms with E-state index < -0.39 is 52.8 Å². The largest absolute Gasteiger partial charge is 0.395 e. The summed E-state index contributed by atoms with van der Waals surface area (Å²) in [5.41, 5.74) is 0. The lowest BCUT2D eigenvalue weighted by molar-refractivity contribution is -1.14. The lowest BCUT2D eigenvalue weighted by Crippen LogP contribution is -2.91. The molecule has 0 bridgehead atoms. The van der Waals surface area contributed by atoms with Gasteiger partial charge in [0.25, 0.3) is 10.1 Å². The van der Waals surface area contributed by atoms with Gasteiger partial charge in [-0.15, -0.1) is 15.9 Å². The minimum Gasteiger partial charge on any atom is -0.395 e. The van der Waals surface area contributed by atoms with Gasteiger partial charge in [-0.1, -0.05) is 0 Å². The zero-order valence-corrected chi connectivity index (χ0v) is 12.4. The van der Waals surface area contributed by atoms with E-state index in [2.05, 4.69) is 10.6 Å². The first-order valence-electron chi connectivity index (χ1n) is 6.09. The highest BCUT2D eigenvalue weighted by Crippen LogP contribution is 2.27. The number of nitrogens with one attached hydrogen (secondary N) is 2. The molecule has 0 saturated carbocycles. The van der Waals surface area contributed by atoms with Gasteiger partial charge < -0.3 is 5.11 Å². The van der Waals surface area contributed by atoms with Crippen LogP contribution in [-0.4, -0.2) is 77.4 Å². The molecule has 0 aromatic rings. The molecule has 15 heteroatoms. The summed E-state index contributed by atoms with van der Waals surface area (Å²) in [7, 11) is -4.35. The number of hydrazine groups is 2. The van der Waals surface area contributed by atoms with E-state index >= 15 is 0 Å². The molecule has 1 fully saturated rings. The molecular weight excluding hydrogens is 330 g/mol. The summed E-state index contributed by atoms with van der Waals surface area (Å²) in [5, 5.41) is 14.2. The van der Waals surface area contributed by atoms with E-state index in [0.29, 0.717) is 5.01 Å². The van der Waals surface area contributed by atoms with Crippen molar-refractivity contribution < 1.29 is 31.8 Å². The summed E-state index contributed by atoms with van der Waals surface area (Å²) in [6.45, 7) is -2.06. The molecule has 1 aliphatic heterocycles. The van der Waals surface area contributed by atoms with Crippen LogP contribution < -0.4 is 28.2 Å². The van der Waals surface area contributed by atoms with E-state index in [4.69, 9.17) is 27.2 Å². The number of rotatable bonds is 7. The normalized spacial score (nSPS) is 35.0. The van der Waals surface area contributed by atoms with Crippen LogP contribution in [0.2, 0.25) is 0 Å². The minimum absolute atomic E-state index is 0.245. The molecule has 12 nitrogen and oxygen atoms in total. The second-order valence-electron chi connectivity index (χ2n) is 4.68. The molecule has 0 spiro atoms. The molecule has 0 amide bonds. The number of aliphatic hydroxyl groups is 1. The third-order valence-corrected chi connectivity index (χ3v) is 3.72. The van der Waals surface area contributed by atoms with Crippen molar-refractivity contribution in [1.29, 1.82) is 0 Å². The molecule has 22 heavy (non-hydrogen) atoms. The number of hydrogen-bond donors (Lipinski definition) is 7. The molecule has 10 N–H and O–H groups in total. The fourth-order valence-corrected chi connectivity index (χ4v) is 2.37. The van der Waals surface area contributed by atoms with Gasteiger partial charge in [0.15, 0.2) is 0 Å². The summed E-state index contributed by atoms with van der Waals surface area (Å²) < 4.78 is 58.8. The van der Waals surface area contributed by atoms with Gasteiger partial charge in [0.1, 0.15) is 0 Å². The quantitative estimate of drug-likeness (QED) is 0.0776. The Bertz CT molecular complexity index is 481. The SMILES string of the molecule is NN1C[N+](N)(F)C(NCCO)(NCCS(=O)(=O)O)N(N)C1F. The fourth-order valence-electron chi connectivity index (χ4n) is 2.01. The summed E-state index contributed by atoms with van der Waals surface area (Å²) >= 11 is 0. The van der Waals surface area contributed by atoms with Gasteiger partial charge in [-0.2, -0.15) is 8.42 Å². The number of hydrogen-bond acceptors (Lipinski definition) is 10. The zero-order chi connectivity index (χ0) is 17.2. The van der Waals surface area contributed by atoms with Crippen molar-refractivity contribution in [2.24, 2.45) is 17.5 Å². The molecule has 0 aliphatic carbocycles. The van der Waals surface area contributed by atoms with E-state index in [-0.39, 0.29) is 11.6 Å². The second kappa shape index (κ2) is 6.89. The molecule has 0 aromatic heterocycles. The second-order valence-corrected chi connectivity index (χ2v) is 6.25. The molecule has 0 aromatic carbocycles. The van der Waals surface area contributed by atoms with E-state index in [1.54, 1.807) is 0 Å². The molecule has 1 heterocycles. The molecular formula is C7H21F2N8O4S+. The van der Waals surface area contributed by atoms with Gasteiger partial charge in [0.2, 0.25) is 13.1 Å². The van der Waals surface area contributed by atoms with Crippen LogP contribution in [0.25, 0.3) is 0 Å². The first-order chi connectivity index (χ1) is 9.97. The Labute approximate surface area is 125 Å². The maximum Gasteiger partial charge on any atom is 0.346 e. The lowest BCUT2D eigenvalue weighted by Gasteiger charge is -2.51. The average Bonchev–Trinajstić information content (AvgIpc) is 2.37. The van der Waals surface area contributed by atoms with Crippen molar-refractivity contribution in [3.8, 4) is 0 Å². The van der Waals surface area contributed by atoms with E-state index in [9.17, 15) is 17.3 Å². The fraction of sp³-hybridized carbons (Fsp3) is 1.00. The van der Waals surface area contributed by atoms with Crippen LogP contribution in [0.3, 0.4) is 0 Å². The number of alkyl halides is 1. The number of quaternary nitrogens is 1. The van der Waals surface area contributed by atoms with Crippen LogP contribution in [0.4, 0.5) is 8.87 Å². The van der Waals surface area contributed by atoms with Crippen molar-refractivity contribution in [2.45, 2.75) is 12.3 Å². The number of aliphatic hydroxyl groups excluding tert-OH is 1. The highest BCUT2D eigenvalue weighted by Gasteiger charge is 2.64. The summed E-state index contributed by atoms with van der Waals surface area (Å²) in [6.07, 6.45) is -2.16. The maximum absolute atomic E-state index is 14.7. The molecule has 1 aliphatic rings. The van der Waals surface area contributed by atoms with Gasteiger partial charge in [0.05, 0.1) is 12.4 Å². The topological polar surface area (TPSA) is 183 Å². The third-order valence-electron chi connectivity index (χ3n) is 3.00. The van der Waals surface area contributed by atoms with E-state index in [1.807, 2.05) is 0 Å². The molecule has 3 atom stereocenters. The first kappa shape index (κ1) is 19.5. The minimum atomic E-state index is -4.35. The number of halogens is 2. The van der Waals surface area contributed by atoms with Crippen molar-refractivity contribution in [1.82, 2.24) is 20.7 Å². The van der Waals surface area contributed by atoms with Crippen molar-refractivity contribution in [3.05, 3.63) is 0 Å². The van der Waals surface area contributed by atoms with Gasteiger partial charge in [-0.3, -0.25) is 16.2 Å². The van der Waals surface area contributed by atoms with Crippen molar-refractivity contribution in [2.75, 3.05) is 32.1 Å². The number of nitrogens with zero attached hydrogens (tertiary/aromatic N) is 3. The molecule has 1 saturated heterocycles. The van der Waals surface area contributed by atoms with E-state index in [0.717, 1.165) is 0 Å². The molecule has 3 unspecified atom stereocenters. The Morgan fingerprint density at radius 1 is 1.36 bits per heavy atom. The average molecular weight is 351 g/mol. The predicted molar refractivity (Wildman–Crippen MR) is 69.6 cm³/mol. The highest BCUT2D eigenvalue weighted by molar-refractivity contribution is 7.85. The van der Waals surface area contributed by atoms with Crippen molar-refractivity contribution >= 4 is 10.1 Å². The predicted octanol–water partition coefficient (Wildman–Crippen LogP) is -4.19. The summed E-state index contributed by atoms with van der Waals surface area (Å²) in [5.74, 6) is 13.1. The van der Waals surface area contributed by atoms with Gasteiger partial charge in [-0.05, 0) is 0 Å². The maximum atomic E-state index is 14.7. The van der Waals surface area contributed by atoms with Crippen LogP contribution >= 0.6 is 0 Å². The van der Waals surface area contributed by atoms with Crippen LogP contribution in [0.5, 0.6) is 0 Å². The van der Waals surface area contributed by atoms with Gasteiger partial charge >= 0.3 is 5.91 Å². The smallest absolute Gasteiger partial charge is 0.346 e. The van der Waals surface area contributed by atoms with Crippen LogP contribution in [0, 0.1) is 0 Å². The standard InChI is InChI=1S/C7H20F2N8O4S/c8-6-15(10)5-17(9,12)7(16(6)11,13-1-3-18)14-2-4-22(19,20)21/h6,13-14,18H,1-5,10-12H2/p+1. The highest BCUT2D eigenvalue weighted by atomic mass is 32.2. The Morgan fingerprint density at radius 3 is 2.41 bits per heavy atom. The Balaban J connectivity index is 3.05. The van der Waals surface area contributed by atoms with Crippen LogP contribution in [0.15, 0.2) is 0 Å². The molecule has 1 rings (SSSR count). The zero-order valence-electron chi connectivity index (χ0n) is 11.6. The van der Waals surface area contributed by atoms with Gasteiger partial charge in [0, 0.05) is 22.4 Å². The Morgan fingerprint density at radius 2 is 1.91 bits per heavy atom. The number of nitrogens with two attached hydrogens (primary N) is 3. The van der Waals surface area contributed by atoms with Crippen LogP contribution in [0.1, 0.15) is 0 Å². The molecule has 0 radical (unpaired) electrons. The lowest BCUT2D eigenvalue weighted by atomic mass is 10.4. The monoisotopic (exact) mass is 351 g/mol. The first-order valence-corrected chi connectivity index (χ1v) is 7.69. The summed E-state index contributed by atoms with van der Waals surface area (Å²) in [4.78, 5) is -2.01. The summed E-state index contributed by atoms with van der Waals surface area (Å²) in [6, 6.07) is 0. The molecule has 132 valence electrons. The van der Waals surface area contributed by atoms with Crippen molar-refractivity contribution in [3.63, 3.8) is 0 Å². The third kappa shape index (κ3) is 4.03.